The summed E-state index contributed by atoms with van der Waals surface area (Å²) in [4.78, 5) is 10.0. The number of aliphatic hydroxyl groups excluding tert-OH is 1. The molecule has 0 aliphatic heterocycles. The van der Waals surface area contributed by atoms with Gasteiger partial charge in [-0.1, -0.05) is 0 Å². The molecule has 0 aliphatic rings. The summed E-state index contributed by atoms with van der Waals surface area (Å²) in [5.41, 5.74) is 0.956. The minimum Gasteiger partial charge on any atom is -0.388 e. The van der Waals surface area contributed by atoms with Crippen LogP contribution >= 0.6 is 0 Å². The standard InChI is InChI=1S/C11H17N3O3/c1-9(15)8-12-6-7-13-10-2-4-11(5-3-10)14(16)17/h2-5,9,12-13,15H,6-8H2,1H3/p+1/t9-/m1/s1. The molecular weight excluding hydrogens is 222 g/mol. The predicted octanol–water partition coefficient (Wildman–Crippen LogP) is -0.0491. The topological polar surface area (TPSA) is 92.0 Å². The van der Waals surface area contributed by atoms with Crippen LogP contribution in [0.1, 0.15) is 6.92 Å². The fourth-order valence-corrected chi connectivity index (χ4v) is 1.38. The zero-order valence-corrected chi connectivity index (χ0v) is 9.80. The molecule has 6 nitrogen and oxygen atoms in total. The largest absolute Gasteiger partial charge is 0.388 e. The maximum absolute atomic E-state index is 10.4. The summed E-state index contributed by atoms with van der Waals surface area (Å²) in [6, 6.07) is 6.32. The Morgan fingerprint density at radius 2 is 2.12 bits per heavy atom. The zero-order valence-electron chi connectivity index (χ0n) is 9.80. The van der Waals surface area contributed by atoms with E-state index in [1.54, 1.807) is 19.1 Å². The second-order valence-corrected chi connectivity index (χ2v) is 3.89. The van der Waals surface area contributed by atoms with E-state index in [4.69, 9.17) is 5.11 Å². The Morgan fingerprint density at radius 3 is 2.65 bits per heavy atom. The van der Waals surface area contributed by atoms with Crippen molar-refractivity contribution in [1.82, 2.24) is 0 Å². The third kappa shape index (κ3) is 5.28. The quantitative estimate of drug-likeness (QED) is 0.354. The normalized spacial score (nSPS) is 12.1. The van der Waals surface area contributed by atoms with Crippen molar-refractivity contribution >= 4 is 11.4 Å². The summed E-state index contributed by atoms with van der Waals surface area (Å²) >= 11 is 0. The van der Waals surface area contributed by atoms with E-state index in [0.29, 0.717) is 6.54 Å². The van der Waals surface area contributed by atoms with Gasteiger partial charge in [0.1, 0.15) is 6.54 Å². The molecule has 0 heterocycles. The van der Waals surface area contributed by atoms with Gasteiger partial charge in [0, 0.05) is 17.8 Å². The molecule has 0 aromatic heterocycles. The van der Waals surface area contributed by atoms with Crippen LogP contribution in [0.15, 0.2) is 24.3 Å². The number of nitrogens with one attached hydrogen (secondary N) is 1. The average molecular weight is 240 g/mol. The van der Waals surface area contributed by atoms with Crippen molar-refractivity contribution in [2.45, 2.75) is 13.0 Å². The predicted molar refractivity (Wildman–Crippen MR) is 64.9 cm³/mol. The van der Waals surface area contributed by atoms with Crippen LogP contribution in [-0.2, 0) is 0 Å². The maximum Gasteiger partial charge on any atom is 0.269 e. The number of benzene rings is 1. The number of non-ortho nitro benzene ring substituents is 1. The van der Waals surface area contributed by atoms with Crippen LogP contribution < -0.4 is 10.6 Å². The van der Waals surface area contributed by atoms with Gasteiger partial charge in [-0.05, 0) is 19.1 Å². The number of anilines is 1. The van der Waals surface area contributed by atoms with Gasteiger partial charge in [-0.15, -0.1) is 0 Å². The lowest BCUT2D eigenvalue weighted by Gasteiger charge is -2.06. The fourth-order valence-electron chi connectivity index (χ4n) is 1.38. The smallest absolute Gasteiger partial charge is 0.269 e. The summed E-state index contributed by atoms with van der Waals surface area (Å²) in [5, 5.41) is 24.6. The van der Waals surface area contributed by atoms with Crippen molar-refractivity contribution in [3.05, 3.63) is 34.4 Å². The Bertz CT molecular complexity index is 351. The Hall–Kier alpha value is -1.66. The molecule has 17 heavy (non-hydrogen) atoms. The van der Waals surface area contributed by atoms with Crippen LogP contribution in [0.4, 0.5) is 11.4 Å². The van der Waals surface area contributed by atoms with Gasteiger partial charge in [-0.2, -0.15) is 0 Å². The number of nitrogens with two attached hydrogens (primary N) is 1. The minimum atomic E-state index is -0.416. The number of rotatable bonds is 7. The van der Waals surface area contributed by atoms with E-state index in [1.807, 2.05) is 5.32 Å². The monoisotopic (exact) mass is 240 g/mol. The molecule has 1 atom stereocenters. The van der Waals surface area contributed by atoms with E-state index in [9.17, 15) is 10.1 Å². The van der Waals surface area contributed by atoms with Gasteiger partial charge in [-0.3, -0.25) is 10.1 Å². The Labute approximate surface area is 99.8 Å². The number of nitro benzene ring substituents is 1. The van der Waals surface area contributed by atoms with Crippen molar-refractivity contribution in [2.75, 3.05) is 25.0 Å². The summed E-state index contributed by atoms with van der Waals surface area (Å²) in [7, 11) is 0. The molecule has 0 radical (unpaired) electrons. The van der Waals surface area contributed by atoms with Gasteiger partial charge in [0.25, 0.3) is 5.69 Å². The van der Waals surface area contributed by atoms with E-state index in [-0.39, 0.29) is 11.8 Å². The zero-order chi connectivity index (χ0) is 12.7. The minimum absolute atomic E-state index is 0.0937. The molecule has 1 aromatic rings. The van der Waals surface area contributed by atoms with Crippen LogP contribution in [-0.4, -0.2) is 35.8 Å². The van der Waals surface area contributed by atoms with Crippen LogP contribution in [0.2, 0.25) is 0 Å². The molecule has 0 spiro atoms. The van der Waals surface area contributed by atoms with E-state index in [0.717, 1.165) is 18.8 Å². The summed E-state index contributed by atoms with van der Waals surface area (Å²) in [6.07, 6.45) is -0.297. The second-order valence-electron chi connectivity index (χ2n) is 3.89. The first-order chi connectivity index (χ1) is 8.09. The van der Waals surface area contributed by atoms with Gasteiger partial charge in [0.15, 0.2) is 0 Å². The molecule has 0 fully saturated rings. The molecule has 6 heteroatoms. The molecule has 0 saturated carbocycles. The molecule has 1 aromatic carbocycles. The molecule has 4 N–H and O–H groups in total. The Kier molecular flexibility index (Phi) is 5.38. The molecule has 0 saturated heterocycles. The van der Waals surface area contributed by atoms with Crippen LogP contribution in [0, 0.1) is 10.1 Å². The number of hydrogen-bond donors (Lipinski definition) is 3. The van der Waals surface area contributed by atoms with Gasteiger partial charge >= 0.3 is 0 Å². The van der Waals surface area contributed by atoms with Gasteiger partial charge < -0.3 is 15.7 Å². The third-order valence-corrected chi connectivity index (χ3v) is 2.26. The first kappa shape index (κ1) is 13.4. The maximum atomic E-state index is 10.4. The highest BCUT2D eigenvalue weighted by atomic mass is 16.6. The van der Waals surface area contributed by atoms with E-state index >= 15 is 0 Å². The first-order valence-corrected chi connectivity index (χ1v) is 5.57. The van der Waals surface area contributed by atoms with Gasteiger partial charge in [0.05, 0.1) is 24.1 Å². The van der Waals surface area contributed by atoms with Gasteiger partial charge in [0.2, 0.25) is 0 Å². The van der Waals surface area contributed by atoms with Crippen molar-refractivity contribution in [3.8, 4) is 0 Å². The highest BCUT2D eigenvalue weighted by Crippen LogP contribution is 2.14. The summed E-state index contributed by atoms with van der Waals surface area (Å²) in [5.74, 6) is 0. The number of nitrogens with zero attached hydrogens (tertiary/aromatic N) is 1. The molecule has 94 valence electrons. The highest BCUT2D eigenvalue weighted by molar-refractivity contribution is 5.48. The first-order valence-electron chi connectivity index (χ1n) is 5.57. The van der Waals surface area contributed by atoms with Crippen LogP contribution in [0.25, 0.3) is 0 Å². The van der Waals surface area contributed by atoms with Crippen molar-refractivity contribution < 1.29 is 15.3 Å². The van der Waals surface area contributed by atoms with Crippen molar-refractivity contribution in [1.29, 1.82) is 0 Å². The number of quaternary nitrogens is 1. The van der Waals surface area contributed by atoms with E-state index in [1.165, 1.54) is 12.1 Å². The molecule has 0 unspecified atom stereocenters. The lowest BCUT2D eigenvalue weighted by atomic mass is 10.3. The number of aliphatic hydroxyl groups is 1. The Balaban J connectivity index is 2.25. The molecule has 0 bridgehead atoms. The van der Waals surface area contributed by atoms with Crippen LogP contribution in [0.5, 0.6) is 0 Å². The average Bonchev–Trinajstić information content (AvgIpc) is 2.29. The molecule has 0 amide bonds. The fraction of sp³-hybridized carbons (Fsp3) is 0.455. The Morgan fingerprint density at radius 1 is 1.47 bits per heavy atom. The second kappa shape index (κ2) is 6.82. The van der Waals surface area contributed by atoms with Gasteiger partial charge in [-0.25, -0.2) is 0 Å². The third-order valence-electron chi connectivity index (χ3n) is 2.26. The highest BCUT2D eigenvalue weighted by Gasteiger charge is 2.03. The van der Waals surface area contributed by atoms with E-state index in [2.05, 4.69) is 5.32 Å². The molecule has 0 aliphatic carbocycles. The lowest BCUT2D eigenvalue weighted by molar-refractivity contribution is -0.657. The number of nitro groups is 1. The van der Waals surface area contributed by atoms with Crippen molar-refractivity contribution in [2.24, 2.45) is 0 Å². The molecular formula is C11H18N3O3+. The summed E-state index contributed by atoms with van der Waals surface area (Å²) in [6.45, 7) is 4.04. The molecule has 1 rings (SSSR count). The van der Waals surface area contributed by atoms with Crippen molar-refractivity contribution in [3.63, 3.8) is 0 Å². The lowest BCUT2D eigenvalue weighted by Crippen LogP contribution is -2.87. The number of hydrogen-bond acceptors (Lipinski definition) is 4. The van der Waals surface area contributed by atoms with E-state index < -0.39 is 4.92 Å². The van der Waals surface area contributed by atoms with Crippen LogP contribution in [0.3, 0.4) is 0 Å². The summed E-state index contributed by atoms with van der Waals surface area (Å²) < 4.78 is 0. The SMILES string of the molecule is C[C@@H](O)C[NH2+]CCNc1ccc([N+](=O)[O-])cc1.